The standard InChI is InChI=1S/C28H43N7O/c1-5-16-34(17-6-2)19-8-7-18-33(4)28(36)25-11-9-24(10-12-25)21-35(22-26-29-13-14-30-26)23-27-31-15-20-32(27)3/h9-15,20H,5-8,16-19,21-23H2,1-4H3,(H,29,30). The zero-order valence-corrected chi connectivity index (χ0v) is 22.5. The molecule has 8 heteroatoms. The van der Waals surface area contributed by atoms with Crippen molar-refractivity contribution in [2.24, 2.45) is 7.05 Å². The predicted molar refractivity (Wildman–Crippen MR) is 144 cm³/mol. The van der Waals surface area contributed by atoms with E-state index >= 15 is 0 Å². The van der Waals surface area contributed by atoms with Crippen molar-refractivity contribution in [3.8, 4) is 0 Å². The van der Waals surface area contributed by atoms with Crippen molar-refractivity contribution in [2.75, 3.05) is 33.2 Å². The van der Waals surface area contributed by atoms with Crippen molar-refractivity contribution in [3.05, 3.63) is 71.8 Å². The maximum atomic E-state index is 13.0. The molecule has 0 saturated carbocycles. The second kappa shape index (κ2) is 14.6. The van der Waals surface area contributed by atoms with Crippen LogP contribution in [0.2, 0.25) is 0 Å². The molecule has 0 spiro atoms. The topological polar surface area (TPSA) is 73.3 Å². The molecule has 196 valence electrons. The van der Waals surface area contributed by atoms with E-state index in [9.17, 15) is 4.79 Å². The van der Waals surface area contributed by atoms with Crippen molar-refractivity contribution in [1.82, 2.24) is 34.2 Å². The molecule has 0 aliphatic heterocycles. The van der Waals surface area contributed by atoms with Crippen LogP contribution in [0.25, 0.3) is 0 Å². The number of imidazole rings is 2. The van der Waals surface area contributed by atoms with E-state index in [-0.39, 0.29) is 5.91 Å². The lowest BCUT2D eigenvalue weighted by molar-refractivity contribution is 0.0791. The zero-order chi connectivity index (χ0) is 25.8. The monoisotopic (exact) mass is 493 g/mol. The summed E-state index contributed by atoms with van der Waals surface area (Å²) >= 11 is 0. The number of H-pyrrole nitrogens is 1. The first-order valence-corrected chi connectivity index (χ1v) is 13.2. The average molecular weight is 494 g/mol. The number of benzene rings is 1. The van der Waals surface area contributed by atoms with Crippen LogP contribution >= 0.6 is 0 Å². The average Bonchev–Trinajstić information content (AvgIpc) is 3.53. The summed E-state index contributed by atoms with van der Waals surface area (Å²) in [6.07, 6.45) is 11.9. The van der Waals surface area contributed by atoms with Gasteiger partial charge in [0.1, 0.15) is 11.6 Å². The van der Waals surface area contributed by atoms with Crippen molar-refractivity contribution >= 4 is 5.91 Å². The predicted octanol–water partition coefficient (Wildman–Crippen LogP) is 4.32. The van der Waals surface area contributed by atoms with Gasteiger partial charge in [0.25, 0.3) is 5.91 Å². The fraction of sp³-hybridized carbons (Fsp3) is 0.536. The summed E-state index contributed by atoms with van der Waals surface area (Å²) in [4.78, 5) is 31.7. The number of aromatic nitrogens is 4. The van der Waals surface area contributed by atoms with Crippen molar-refractivity contribution < 1.29 is 4.79 Å². The molecule has 0 unspecified atom stereocenters. The maximum absolute atomic E-state index is 13.0. The molecule has 0 aliphatic rings. The fourth-order valence-electron chi connectivity index (χ4n) is 4.50. The second-order valence-electron chi connectivity index (χ2n) is 9.61. The molecule has 0 atom stereocenters. The van der Waals surface area contributed by atoms with Gasteiger partial charge in [-0.1, -0.05) is 26.0 Å². The third kappa shape index (κ3) is 8.60. The van der Waals surface area contributed by atoms with Crippen molar-refractivity contribution in [1.29, 1.82) is 0 Å². The van der Waals surface area contributed by atoms with E-state index in [0.717, 1.165) is 68.3 Å². The van der Waals surface area contributed by atoms with Gasteiger partial charge in [0, 0.05) is 57.5 Å². The number of unbranched alkanes of at least 4 members (excludes halogenated alkanes) is 1. The van der Waals surface area contributed by atoms with Gasteiger partial charge in [0.05, 0.1) is 13.1 Å². The molecule has 0 aliphatic carbocycles. The van der Waals surface area contributed by atoms with Crippen LogP contribution in [0.3, 0.4) is 0 Å². The lowest BCUT2D eigenvalue weighted by atomic mass is 10.1. The number of nitrogens with one attached hydrogen (secondary N) is 1. The summed E-state index contributed by atoms with van der Waals surface area (Å²) < 4.78 is 2.04. The normalized spacial score (nSPS) is 11.5. The maximum Gasteiger partial charge on any atom is 0.253 e. The lowest BCUT2D eigenvalue weighted by Crippen LogP contribution is -2.30. The molecular weight excluding hydrogens is 450 g/mol. The molecule has 0 saturated heterocycles. The van der Waals surface area contributed by atoms with Crippen molar-refractivity contribution in [3.63, 3.8) is 0 Å². The number of amides is 1. The van der Waals surface area contributed by atoms with E-state index < -0.39 is 0 Å². The van der Waals surface area contributed by atoms with Gasteiger partial charge in [-0.3, -0.25) is 9.69 Å². The number of aromatic amines is 1. The van der Waals surface area contributed by atoms with E-state index in [1.807, 2.05) is 54.3 Å². The van der Waals surface area contributed by atoms with Gasteiger partial charge in [-0.25, -0.2) is 9.97 Å². The SMILES string of the molecule is CCCN(CCC)CCCCN(C)C(=O)c1ccc(CN(Cc2ncc[nH]2)Cc2nccn2C)cc1. The number of carbonyl (C=O) groups excluding carboxylic acids is 1. The van der Waals surface area contributed by atoms with Crippen LogP contribution in [-0.4, -0.2) is 73.4 Å². The Morgan fingerprint density at radius 3 is 2.22 bits per heavy atom. The zero-order valence-electron chi connectivity index (χ0n) is 22.5. The molecule has 0 bridgehead atoms. The lowest BCUT2D eigenvalue weighted by Gasteiger charge is -2.22. The minimum Gasteiger partial charge on any atom is -0.348 e. The number of rotatable bonds is 16. The Labute approximate surface area is 216 Å². The fourth-order valence-corrected chi connectivity index (χ4v) is 4.50. The van der Waals surface area contributed by atoms with Crippen LogP contribution in [-0.2, 0) is 26.7 Å². The minimum absolute atomic E-state index is 0.0842. The minimum atomic E-state index is 0.0842. The van der Waals surface area contributed by atoms with Crippen LogP contribution in [0.1, 0.15) is 67.1 Å². The number of aryl methyl sites for hydroxylation is 1. The smallest absolute Gasteiger partial charge is 0.253 e. The quantitative estimate of drug-likeness (QED) is 0.301. The summed E-state index contributed by atoms with van der Waals surface area (Å²) in [6, 6.07) is 8.01. The third-order valence-electron chi connectivity index (χ3n) is 6.47. The molecular formula is C28H43N7O. The largest absolute Gasteiger partial charge is 0.348 e. The van der Waals surface area contributed by atoms with Gasteiger partial charge in [-0.2, -0.15) is 0 Å². The van der Waals surface area contributed by atoms with Crippen LogP contribution in [0.15, 0.2) is 49.1 Å². The molecule has 3 aromatic rings. The molecule has 0 fully saturated rings. The molecule has 1 aromatic carbocycles. The van der Waals surface area contributed by atoms with Crippen LogP contribution in [0.4, 0.5) is 0 Å². The number of hydrogen-bond donors (Lipinski definition) is 1. The highest BCUT2D eigenvalue weighted by molar-refractivity contribution is 5.94. The van der Waals surface area contributed by atoms with Crippen LogP contribution < -0.4 is 0 Å². The van der Waals surface area contributed by atoms with Gasteiger partial charge in [-0.05, 0) is 63.0 Å². The highest BCUT2D eigenvalue weighted by atomic mass is 16.2. The summed E-state index contributed by atoms with van der Waals surface area (Å²) in [5.41, 5.74) is 1.89. The van der Waals surface area contributed by atoms with Gasteiger partial charge < -0.3 is 19.4 Å². The highest BCUT2D eigenvalue weighted by Gasteiger charge is 2.15. The third-order valence-corrected chi connectivity index (χ3v) is 6.47. The Hall–Kier alpha value is -2.97. The Kier molecular flexibility index (Phi) is 11.2. The summed E-state index contributed by atoms with van der Waals surface area (Å²) in [5, 5.41) is 0. The first kappa shape index (κ1) is 27.6. The molecule has 36 heavy (non-hydrogen) atoms. The van der Waals surface area contributed by atoms with E-state index in [4.69, 9.17) is 0 Å². The van der Waals surface area contributed by atoms with E-state index in [2.05, 4.69) is 50.7 Å². The molecule has 2 heterocycles. The summed E-state index contributed by atoms with van der Waals surface area (Å²) in [5.74, 6) is 2.01. The van der Waals surface area contributed by atoms with Gasteiger partial charge in [0.15, 0.2) is 0 Å². The van der Waals surface area contributed by atoms with Gasteiger partial charge in [-0.15, -0.1) is 0 Å². The molecule has 1 amide bonds. The first-order chi connectivity index (χ1) is 17.5. The number of carbonyl (C=O) groups is 1. The summed E-state index contributed by atoms with van der Waals surface area (Å²) in [6.45, 7) is 10.8. The molecule has 8 nitrogen and oxygen atoms in total. The molecule has 0 radical (unpaired) electrons. The summed E-state index contributed by atoms with van der Waals surface area (Å²) in [7, 11) is 3.92. The highest BCUT2D eigenvalue weighted by Crippen LogP contribution is 2.14. The number of hydrogen-bond acceptors (Lipinski definition) is 5. The number of nitrogens with zero attached hydrogens (tertiary/aromatic N) is 6. The van der Waals surface area contributed by atoms with E-state index in [1.54, 1.807) is 6.20 Å². The first-order valence-electron chi connectivity index (χ1n) is 13.2. The van der Waals surface area contributed by atoms with E-state index in [0.29, 0.717) is 13.1 Å². The molecule has 2 aromatic heterocycles. The van der Waals surface area contributed by atoms with Gasteiger partial charge in [0.2, 0.25) is 0 Å². The Balaban J connectivity index is 1.52. The second-order valence-corrected chi connectivity index (χ2v) is 9.61. The molecule has 3 rings (SSSR count). The Morgan fingerprint density at radius 1 is 0.889 bits per heavy atom. The van der Waals surface area contributed by atoms with Gasteiger partial charge >= 0.3 is 0 Å². The van der Waals surface area contributed by atoms with E-state index in [1.165, 1.54) is 12.8 Å². The Morgan fingerprint density at radius 2 is 1.61 bits per heavy atom. The van der Waals surface area contributed by atoms with Crippen LogP contribution in [0, 0.1) is 0 Å². The van der Waals surface area contributed by atoms with Crippen LogP contribution in [0.5, 0.6) is 0 Å². The van der Waals surface area contributed by atoms with Crippen molar-refractivity contribution in [2.45, 2.75) is 59.2 Å². The Bertz CT molecular complexity index is 1010. The molecule has 1 N–H and O–H groups in total.